The van der Waals surface area contributed by atoms with Crippen LogP contribution < -0.4 is 0 Å². The second-order valence-corrected chi connectivity index (χ2v) is 3.58. The summed E-state index contributed by atoms with van der Waals surface area (Å²) in [7, 11) is 0. The van der Waals surface area contributed by atoms with E-state index in [0.717, 1.165) is 5.69 Å². The minimum Gasteiger partial charge on any atom is -0.293 e. The quantitative estimate of drug-likeness (QED) is 0.734. The van der Waals surface area contributed by atoms with E-state index in [1.807, 2.05) is 25.1 Å². The molecule has 3 nitrogen and oxygen atoms in total. The molecule has 0 aliphatic rings. The fourth-order valence-electron chi connectivity index (χ4n) is 1.52. The zero-order valence-corrected chi connectivity index (χ0v) is 9.00. The first-order valence-electron chi connectivity index (χ1n) is 5.14. The van der Waals surface area contributed by atoms with Gasteiger partial charge in [0, 0.05) is 24.2 Å². The van der Waals surface area contributed by atoms with Gasteiger partial charge in [-0.15, -0.1) is 0 Å². The molecule has 0 aliphatic heterocycles. The molecule has 2 heterocycles. The van der Waals surface area contributed by atoms with Crippen LogP contribution in [0.5, 0.6) is 0 Å². The first-order chi connectivity index (χ1) is 7.79. The molecule has 3 heteroatoms. The fraction of sp³-hybridized carbons (Fsp3) is 0.154. The topological polar surface area (TPSA) is 42.9 Å². The van der Waals surface area contributed by atoms with E-state index in [0.29, 0.717) is 5.56 Å². The maximum absolute atomic E-state index is 12.1. The summed E-state index contributed by atoms with van der Waals surface area (Å²) in [5.74, 6) is -0.183. The van der Waals surface area contributed by atoms with Crippen LogP contribution in [0.1, 0.15) is 28.9 Å². The van der Waals surface area contributed by atoms with Crippen LogP contribution in [0, 0.1) is 0 Å². The second kappa shape index (κ2) is 4.66. The summed E-state index contributed by atoms with van der Waals surface area (Å²) in [6, 6.07) is 9.12. The first-order valence-corrected chi connectivity index (χ1v) is 5.14. The minimum atomic E-state index is -0.231. The summed E-state index contributed by atoms with van der Waals surface area (Å²) in [6.45, 7) is 1.86. The van der Waals surface area contributed by atoms with Gasteiger partial charge in [0.05, 0.1) is 11.6 Å². The molecule has 80 valence electrons. The van der Waals surface area contributed by atoms with Crippen LogP contribution in [0.4, 0.5) is 0 Å². The van der Waals surface area contributed by atoms with E-state index in [4.69, 9.17) is 0 Å². The standard InChI is InChI=1S/C13H12N2O/c1-10(12-6-2-3-8-15-12)13(16)11-5-4-7-14-9-11/h2-10H,1H3. The molecule has 0 saturated heterocycles. The van der Waals surface area contributed by atoms with E-state index in [2.05, 4.69) is 9.97 Å². The van der Waals surface area contributed by atoms with Gasteiger partial charge in [-0.2, -0.15) is 0 Å². The third kappa shape index (κ3) is 2.14. The van der Waals surface area contributed by atoms with Crippen LogP contribution in [0.25, 0.3) is 0 Å². The Morgan fingerprint density at radius 3 is 2.69 bits per heavy atom. The van der Waals surface area contributed by atoms with Crippen molar-refractivity contribution in [2.75, 3.05) is 0 Å². The molecule has 0 aromatic carbocycles. The lowest BCUT2D eigenvalue weighted by Crippen LogP contribution is -2.11. The monoisotopic (exact) mass is 212 g/mol. The van der Waals surface area contributed by atoms with Gasteiger partial charge in [0.2, 0.25) is 0 Å². The fourth-order valence-corrected chi connectivity index (χ4v) is 1.52. The molecule has 2 aromatic heterocycles. The highest BCUT2D eigenvalue weighted by Gasteiger charge is 2.17. The first kappa shape index (κ1) is 10.5. The third-order valence-electron chi connectivity index (χ3n) is 2.47. The molecule has 0 bridgehead atoms. The van der Waals surface area contributed by atoms with Crippen molar-refractivity contribution in [3.8, 4) is 0 Å². The number of carbonyl (C=O) groups is 1. The predicted molar refractivity (Wildman–Crippen MR) is 61.2 cm³/mol. The Morgan fingerprint density at radius 1 is 1.19 bits per heavy atom. The normalized spacial score (nSPS) is 12.1. The van der Waals surface area contributed by atoms with Crippen LogP contribution >= 0.6 is 0 Å². The van der Waals surface area contributed by atoms with E-state index >= 15 is 0 Å². The average Bonchev–Trinajstić information content (AvgIpc) is 2.39. The summed E-state index contributed by atoms with van der Waals surface area (Å²) in [5, 5.41) is 0. The molecule has 16 heavy (non-hydrogen) atoms. The number of carbonyl (C=O) groups excluding carboxylic acids is 1. The molecule has 0 aliphatic carbocycles. The number of aromatic nitrogens is 2. The van der Waals surface area contributed by atoms with Crippen LogP contribution in [0.2, 0.25) is 0 Å². The van der Waals surface area contributed by atoms with E-state index < -0.39 is 0 Å². The highest BCUT2D eigenvalue weighted by atomic mass is 16.1. The lowest BCUT2D eigenvalue weighted by Gasteiger charge is -2.08. The number of pyridine rings is 2. The highest BCUT2D eigenvalue weighted by molar-refractivity contribution is 6.00. The van der Waals surface area contributed by atoms with Gasteiger partial charge in [-0.25, -0.2) is 0 Å². The molecular formula is C13H12N2O. The van der Waals surface area contributed by atoms with Gasteiger partial charge < -0.3 is 0 Å². The van der Waals surface area contributed by atoms with Crippen molar-refractivity contribution in [3.05, 3.63) is 60.2 Å². The van der Waals surface area contributed by atoms with Gasteiger partial charge >= 0.3 is 0 Å². The van der Waals surface area contributed by atoms with Crippen molar-refractivity contribution in [1.29, 1.82) is 0 Å². The van der Waals surface area contributed by atoms with Gasteiger partial charge in [-0.05, 0) is 31.2 Å². The zero-order chi connectivity index (χ0) is 11.4. The molecule has 0 fully saturated rings. The summed E-state index contributed by atoms with van der Waals surface area (Å²) in [4.78, 5) is 20.2. The zero-order valence-electron chi connectivity index (χ0n) is 9.00. The van der Waals surface area contributed by atoms with Crippen molar-refractivity contribution in [2.45, 2.75) is 12.8 Å². The number of ketones is 1. The summed E-state index contributed by atoms with van der Waals surface area (Å²) >= 11 is 0. The Balaban J connectivity index is 2.24. The average molecular weight is 212 g/mol. The molecule has 0 radical (unpaired) electrons. The molecule has 1 atom stereocenters. The van der Waals surface area contributed by atoms with Gasteiger partial charge in [-0.3, -0.25) is 14.8 Å². The molecule has 2 rings (SSSR count). The van der Waals surface area contributed by atoms with Crippen LogP contribution in [-0.4, -0.2) is 15.8 Å². The number of rotatable bonds is 3. The maximum Gasteiger partial charge on any atom is 0.173 e. The Bertz CT molecular complexity index is 468. The molecule has 1 unspecified atom stereocenters. The van der Waals surface area contributed by atoms with E-state index in [9.17, 15) is 4.79 Å². The van der Waals surface area contributed by atoms with Crippen LogP contribution in [0.15, 0.2) is 48.9 Å². The molecule has 0 saturated carbocycles. The van der Waals surface area contributed by atoms with E-state index in [-0.39, 0.29) is 11.7 Å². The summed E-state index contributed by atoms with van der Waals surface area (Å²) in [5.41, 5.74) is 1.41. The van der Waals surface area contributed by atoms with Gasteiger partial charge in [0.15, 0.2) is 5.78 Å². The van der Waals surface area contributed by atoms with Crippen LogP contribution in [-0.2, 0) is 0 Å². The lowest BCUT2D eigenvalue weighted by molar-refractivity contribution is 0.0964. The number of hydrogen-bond donors (Lipinski definition) is 0. The smallest absolute Gasteiger partial charge is 0.173 e. The molecule has 0 spiro atoms. The summed E-state index contributed by atoms with van der Waals surface area (Å²) < 4.78 is 0. The Hall–Kier alpha value is -2.03. The Kier molecular flexibility index (Phi) is 3.05. The number of nitrogens with zero attached hydrogens (tertiary/aromatic N) is 2. The largest absolute Gasteiger partial charge is 0.293 e. The SMILES string of the molecule is CC(C(=O)c1cccnc1)c1ccccn1. The second-order valence-electron chi connectivity index (χ2n) is 3.58. The van der Waals surface area contributed by atoms with Gasteiger partial charge in [0.25, 0.3) is 0 Å². The summed E-state index contributed by atoms with van der Waals surface area (Å²) in [6.07, 6.45) is 4.94. The van der Waals surface area contributed by atoms with Gasteiger partial charge in [0.1, 0.15) is 0 Å². The van der Waals surface area contributed by atoms with Crippen molar-refractivity contribution in [1.82, 2.24) is 9.97 Å². The highest BCUT2D eigenvalue weighted by Crippen LogP contribution is 2.17. The number of hydrogen-bond acceptors (Lipinski definition) is 3. The molecule has 2 aromatic rings. The maximum atomic E-state index is 12.1. The minimum absolute atomic E-state index is 0.0480. The number of Topliss-reactive ketones (excluding diaryl/α,β-unsaturated/α-hetero) is 1. The van der Waals surface area contributed by atoms with Gasteiger partial charge in [-0.1, -0.05) is 6.07 Å². The van der Waals surface area contributed by atoms with Crippen LogP contribution in [0.3, 0.4) is 0 Å². The van der Waals surface area contributed by atoms with Crippen molar-refractivity contribution in [2.24, 2.45) is 0 Å². The van der Waals surface area contributed by atoms with Crippen molar-refractivity contribution >= 4 is 5.78 Å². The third-order valence-corrected chi connectivity index (χ3v) is 2.47. The van der Waals surface area contributed by atoms with Crippen molar-refractivity contribution < 1.29 is 4.79 Å². The molecule has 0 N–H and O–H groups in total. The molecular weight excluding hydrogens is 200 g/mol. The van der Waals surface area contributed by atoms with Crippen molar-refractivity contribution in [3.63, 3.8) is 0 Å². The van der Waals surface area contributed by atoms with E-state index in [1.165, 1.54) is 0 Å². The Morgan fingerprint density at radius 2 is 2.06 bits per heavy atom. The molecule has 0 amide bonds. The lowest BCUT2D eigenvalue weighted by atomic mass is 9.97. The Labute approximate surface area is 94.2 Å². The van der Waals surface area contributed by atoms with E-state index in [1.54, 1.807) is 30.7 Å². The predicted octanol–water partition coefficient (Wildman–Crippen LogP) is 2.46.